The molecule has 0 spiro atoms. The fourth-order valence-electron chi connectivity index (χ4n) is 2.31. The Hall–Kier alpha value is -2.54. The third kappa shape index (κ3) is 4.05. The lowest BCUT2D eigenvalue weighted by Crippen LogP contribution is -2.40. The van der Waals surface area contributed by atoms with Crippen LogP contribution < -0.4 is 5.32 Å². The summed E-state index contributed by atoms with van der Waals surface area (Å²) in [5, 5.41) is 5.92. The van der Waals surface area contributed by atoms with Gasteiger partial charge in [-0.3, -0.25) is 0 Å². The van der Waals surface area contributed by atoms with E-state index in [0.29, 0.717) is 24.6 Å². The molecule has 126 valence electrons. The molecule has 3 rings (SSSR count). The van der Waals surface area contributed by atoms with Gasteiger partial charge in [-0.1, -0.05) is 0 Å². The highest BCUT2D eigenvalue weighted by atomic mass is 32.1. The summed E-state index contributed by atoms with van der Waals surface area (Å²) < 4.78 is 10.7. The summed E-state index contributed by atoms with van der Waals surface area (Å²) >= 11 is 1.57. The smallest absolute Gasteiger partial charge is 0.318 e. The number of carbonyl (C=O) groups is 1. The average molecular weight is 345 g/mol. The number of furan rings is 2. The molecule has 0 unspecified atom stereocenters. The Morgan fingerprint density at radius 3 is 2.33 bits per heavy atom. The molecule has 3 heterocycles. The third-order valence-corrected chi connectivity index (χ3v) is 4.35. The number of nitrogens with zero attached hydrogens (tertiary/aromatic N) is 2. The van der Waals surface area contributed by atoms with Crippen molar-refractivity contribution in [3.63, 3.8) is 0 Å². The summed E-state index contributed by atoms with van der Waals surface area (Å²) in [6, 6.07) is 6.93. The van der Waals surface area contributed by atoms with Crippen molar-refractivity contribution in [1.29, 1.82) is 0 Å². The number of thiazole rings is 1. The van der Waals surface area contributed by atoms with Crippen molar-refractivity contribution in [3.8, 4) is 0 Å². The Labute approximate surface area is 144 Å². The number of amides is 2. The predicted molar refractivity (Wildman–Crippen MR) is 90.5 cm³/mol. The molecule has 0 bridgehead atoms. The summed E-state index contributed by atoms with van der Waals surface area (Å²) in [5.74, 6) is 1.43. The second kappa shape index (κ2) is 7.35. The van der Waals surface area contributed by atoms with Crippen LogP contribution in [0.25, 0.3) is 0 Å². The van der Waals surface area contributed by atoms with Gasteiger partial charge in [0.2, 0.25) is 0 Å². The highest BCUT2D eigenvalue weighted by Gasteiger charge is 2.20. The molecule has 7 heteroatoms. The van der Waals surface area contributed by atoms with E-state index in [1.54, 1.807) is 40.9 Å². The minimum absolute atomic E-state index is 0.168. The van der Waals surface area contributed by atoms with E-state index < -0.39 is 0 Å². The molecule has 3 aromatic heterocycles. The third-order valence-electron chi connectivity index (χ3n) is 3.56. The van der Waals surface area contributed by atoms with Gasteiger partial charge in [-0.15, -0.1) is 11.3 Å². The van der Waals surface area contributed by atoms with Gasteiger partial charge < -0.3 is 19.1 Å². The van der Waals surface area contributed by atoms with Gasteiger partial charge >= 0.3 is 6.03 Å². The van der Waals surface area contributed by atoms with E-state index in [-0.39, 0.29) is 12.1 Å². The van der Waals surface area contributed by atoms with Crippen LogP contribution in [0.3, 0.4) is 0 Å². The number of aryl methyl sites for hydroxylation is 1. The number of urea groups is 1. The zero-order valence-corrected chi connectivity index (χ0v) is 14.4. The van der Waals surface area contributed by atoms with Crippen LogP contribution in [0.4, 0.5) is 4.79 Å². The first-order chi connectivity index (χ1) is 11.6. The number of aromatic nitrogens is 1. The summed E-state index contributed by atoms with van der Waals surface area (Å²) in [4.78, 5) is 18.8. The molecule has 24 heavy (non-hydrogen) atoms. The number of carbonyl (C=O) groups excluding carboxylic acids is 1. The number of hydrogen-bond donors (Lipinski definition) is 1. The van der Waals surface area contributed by atoms with Gasteiger partial charge in [0.15, 0.2) is 0 Å². The highest BCUT2D eigenvalue weighted by Crippen LogP contribution is 2.17. The Bertz CT molecular complexity index is 729. The van der Waals surface area contributed by atoms with Gasteiger partial charge in [-0.2, -0.15) is 0 Å². The first-order valence-corrected chi connectivity index (χ1v) is 8.52. The van der Waals surface area contributed by atoms with E-state index in [9.17, 15) is 4.79 Å². The van der Waals surface area contributed by atoms with Crippen LogP contribution in [0.5, 0.6) is 0 Å². The number of rotatable bonds is 6. The molecule has 1 atom stereocenters. The van der Waals surface area contributed by atoms with Crippen molar-refractivity contribution in [2.24, 2.45) is 0 Å². The largest absolute Gasteiger partial charge is 0.467 e. The van der Waals surface area contributed by atoms with Crippen molar-refractivity contribution in [2.75, 3.05) is 0 Å². The Kier molecular flexibility index (Phi) is 5.00. The molecule has 2 amide bonds. The van der Waals surface area contributed by atoms with E-state index in [2.05, 4.69) is 10.3 Å². The van der Waals surface area contributed by atoms with Crippen LogP contribution >= 0.6 is 11.3 Å². The molecule has 1 N–H and O–H groups in total. The zero-order chi connectivity index (χ0) is 16.9. The molecule has 3 aromatic rings. The molecule has 0 radical (unpaired) electrons. The van der Waals surface area contributed by atoms with Crippen LogP contribution in [0.15, 0.2) is 51.0 Å². The molecule has 0 saturated heterocycles. The van der Waals surface area contributed by atoms with Crippen LogP contribution in [-0.2, 0) is 13.1 Å². The molecule has 0 fully saturated rings. The molecular formula is C17H19N3O3S. The fraction of sp³-hybridized carbons (Fsp3) is 0.294. The topological polar surface area (TPSA) is 71.5 Å². The molecule has 0 aliphatic heterocycles. The Balaban J connectivity index is 1.69. The minimum Gasteiger partial charge on any atom is -0.467 e. The van der Waals surface area contributed by atoms with Crippen LogP contribution in [0.1, 0.15) is 35.2 Å². The van der Waals surface area contributed by atoms with Crippen molar-refractivity contribution in [2.45, 2.75) is 33.0 Å². The SMILES string of the molecule is Cc1nc([C@@H](C)NC(=O)N(Cc2ccco2)Cc2ccco2)cs1. The summed E-state index contributed by atoms with van der Waals surface area (Å²) in [7, 11) is 0. The van der Waals surface area contributed by atoms with E-state index in [1.807, 2.05) is 31.4 Å². The Morgan fingerprint density at radius 2 is 1.88 bits per heavy atom. The molecule has 0 aliphatic carbocycles. The second-order valence-corrected chi connectivity index (χ2v) is 6.54. The van der Waals surface area contributed by atoms with Gasteiger partial charge in [0.05, 0.1) is 42.4 Å². The molecule has 0 saturated carbocycles. The van der Waals surface area contributed by atoms with Gasteiger partial charge in [-0.05, 0) is 38.1 Å². The first kappa shape index (κ1) is 16.3. The van der Waals surface area contributed by atoms with Gasteiger partial charge in [-0.25, -0.2) is 9.78 Å². The van der Waals surface area contributed by atoms with E-state index in [1.165, 1.54) is 0 Å². The standard InChI is InChI=1S/C17H19N3O3S/c1-12(16-11-24-13(2)19-16)18-17(21)20(9-14-5-3-7-22-14)10-15-6-4-8-23-15/h3-8,11-12H,9-10H2,1-2H3,(H,18,21)/t12-/m1/s1. The summed E-state index contributed by atoms with van der Waals surface area (Å²) in [6.07, 6.45) is 3.19. The van der Waals surface area contributed by atoms with Gasteiger partial charge in [0.1, 0.15) is 11.5 Å². The maximum Gasteiger partial charge on any atom is 0.318 e. The second-order valence-electron chi connectivity index (χ2n) is 5.48. The number of hydrogen-bond acceptors (Lipinski definition) is 5. The van der Waals surface area contributed by atoms with Crippen molar-refractivity contribution < 1.29 is 13.6 Å². The molecule has 0 aliphatic rings. The molecule has 6 nitrogen and oxygen atoms in total. The zero-order valence-electron chi connectivity index (χ0n) is 13.6. The normalized spacial score (nSPS) is 12.1. The van der Waals surface area contributed by atoms with Crippen molar-refractivity contribution >= 4 is 17.4 Å². The highest BCUT2D eigenvalue weighted by molar-refractivity contribution is 7.09. The average Bonchev–Trinajstić information content (AvgIpc) is 3.28. The lowest BCUT2D eigenvalue weighted by atomic mass is 10.2. The van der Waals surface area contributed by atoms with Crippen molar-refractivity contribution in [1.82, 2.24) is 15.2 Å². The number of nitrogens with one attached hydrogen (secondary N) is 1. The van der Waals surface area contributed by atoms with Crippen molar-refractivity contribution in [3.05, 3.63) is 64.4 Å². The van der Waals surface area contributed by atoms with Crippen LogP contribution in [0, 0.1) is 6.92 Å². The summed E-state index contributed by atoms with van der Waals surface area (Å²) in [5.41, 5.74) is 0.863. The van der Waals surface area contributed by atoms with E-state index in [0.717, 1.165) is 10.7 Å². The monoisotopic (exact) mass is 345 g/mol. The Morgan fingerprint density at radius 1 is 1.25 bits per heavy atom. The lowest BCUT2D eigenvalue weighted by molar-refractivity contribution is 0.179. The first-order valence-electron chi connectivity index (χ1n) is 7.64. The van der Waals surface area contributed by atoms with Crippen LogP contribution in [-0.4, -0.2) is 15.9 Å². The lowest BCUT2D eigenvalue weighted by Gasteiger charge is -2.23. The maximum atomic E-state index is 12.7. The molecular weight excluding hydrogens is 326 g/mol. The minimum atomic E-state index is -0.194. The molecule has 0 aromatic carbocycles. The van der Waals surface area contributed by atoms with Gasteiger partial charge in [0.25, 0.3) is 0 Å². The predicted octanol–water partition coefficient (Wildman–Crippen LogP) is 4.11. The van der Waals surface area contributed by atoms with E-state index >= 15 is 0 Å². The van der Waals surface area contributed by atoms with E-state index in [4.69, 9.17) is 8.83 Å². The quantitative estimate of drug-likeness (QED) is 0.730. The fourth-order valence-corrected chi connectivity index (χ4v) is 3.02. The van der Waals surface area contributed by atoms with Crippen LogP contribution in [0.2, 0.25) is 0 Å². The van der Waals surface area contributed by atoms with Gasteiger partial charge in [0, 0.05) is 5.38 Å². The summed E-state index contributed by atoms with van der Waals surface area (Å²) in [6.45, 7) is 4.60. The maximum absolute atomic E-state index is 12.7.